The highest BCUT2D eigenvalue weighted by atomic mass is 35.5. The van der Waals surface area contributed by atoms with E-state index in [-0.39, 0.29) is 6.10 Å². The quantitative estimate of drug-likeness (QED) is 0.676. The Kier molecular flexibility index (Phi) is 6.29. The van der Waals surface area contributed by atoms with E-state index in [2.05, 4.69) is 15.6 Å². The highest BCUT2D eigenvalue weighted by molar-refractivity contribution is 6.33. The van der Waals surface area contributed by atoms with Gasteiger partial charge in [0.1, 0.15) is 11.6 Å². The van der Waals surface area contributed by atoms with Crippen LogP contribution in [0.2, 0.25) is 5.02 Å². The molecule has 1 aliphatic heterocycles. The van der Waals surface area contributed by atoms with Gasteiger partial charge in [-0.15, -0.1) is 0 Å². The molecule has 28 heavy (non-hydrogen) atoms. The van der Waals surface area contributed by atoms with E-state index in [4.69, 9.17) is 27.1 Å². The van der Waals surface area contributed by atoms with Crippen molar-refractivity contribution in [2.45, 2.75) is 56.7 Å². The van der Waals surface area contributed by atoms with Crippen LogP contribution in [-0.4, -0.2) is 41.3 Å². The second kappa shape index (κ2) is 9.07. The van der Waals surface area contributed by atoms with Crippen LogP contribution >= 0.6 is 11.6 Å². The number of rotatable bonds is 6. The molecule has 4 N–H and O–H groups in total. The fraction of sp³-hybridized carbons (Fsp3) is 0.524. The first kappa shape index (κ1) is 19.4. The molecule has 0 spiro atoms. The van der Waals surface area contributed by atoms with E-state index in [1.54, 1.807) is 6.20 Å². The van der Waals surface area contributed by atoms with E-state index in [9.17, 15) is 0 Å². The summed E-state index contributed by atoms with van der Waals surface area (Å²) in [4.78, 5) is 9.19. The van der Waals surface area contributed by atoms with Crippen LogP contribution in [0.3, 0.4) is 0 Å². The Morgan fingerprint density at radius 3 is 2.79 bits per heavy atom. The number of halogens is 1. The van der Waals surface area contributed by atoms with E-state index in [1.807, 2.05) is 24.3 Å². The molecule has 6 nitrogen and oxygen atoms in total. The van der Waals surface area contributed by atoms with Gasteiger partial charge in [-0.3, -0.25) is 0 Å². The Morgan fingerprint density at radius 1 is 1.14 bits per heavy atom. The topological polar surface area (TPSA) is 85.1 Å². The Hall–Kier alpha value is -1.89. The molecular weight excluding hydrogens is 374 g/mol. The van der Waals surface area contributed by atoms with Gasteiger partial charge in [0.25, 0.3) is 0 Å². The van der Waals surface area contributed by atoms with E-state index >= 15 is 0 Å². The van der Waals surface area contributed by atoms with Crippen molar-refractivity contribution in [2.24, 2.45) is 5.73 Å². The minimum absolute atomic E-state index is 0.273. The van der Waals surface area contributed by atoms with Crippen LogP contribution < -0.4 is 16.4 Å². The molecule has 1 saturated heterocycles. The minimum atomic E-state index is 0.273. The third-order valence-electron chi connectivity index (χ3n) is 5.54. The predicted molar refractivity (Wildman–Crippen MR) is 114 cm³/mol. The number of nitrogens with zero attached hydrogens (tertiary/aromatic N) is 2. The van der Waals surface area contributed by atoms with Crippen molar-refractivity contribution in [1.29, 1.82) is 0 Å². The van der Waals surface area contributed by atoms with Gasteiger partial charge in [-0.25, -0.2) is 9.97 Å². The van der Waals surface area contributed by atoms with E-state index in [0.717, 1.165) is 74.6 Å². The average molecular weight is 402 g/mol. The van der Waals surface area contributed by atoms with Gasteiger partial charge in [0.15, 0.2) is 0 Å². The van der Waals surface area contributed by atoms with Crippen LogP contribution in [0, 0.1) is 0 Å². The van der Waals surface area contributed by atoms with Gasteiger partial charge in [0.05, 0.1) is 16.8 Å². The highest BCUT2D eigenvalue weighted by Crippen LogP contribution is 2.30. The molecule has 150 valence electrons. The van der Waals surface area contributed by atoms with Gasteiger partial charge < -0.3 is 21.1 Å². The molecule has 1 saturated carbocycles. The maximum atomic E-state index is 6.44. The normalized spacial score (nSPS) is 24.9. The molecule has 0 bridgehead atoms. The van der Waals surface area contributed by atoms with Gasteiger partial charge in [0.2, 0.25) is 0 Å². The molecule has 0 radical (unpaired) electrons. The Labute approximate surface area is 171 Å². The number of anilines is 2. The van der Waals surface area contributed by atoms with Crippen LogP contribution in [0.25, 0.3) is 11.3 Å². The Balaban J connectivity index is 1.46. The zero-order valence-corrected chi connectivity index (χ0v) is 16.8. The van der Waals surface area contributed by atoms with Crippen LogP contribution in [0.15, 0.2) is 30.5 Å². The number of aromatic nitrogens is 2. The van der Waals surface area contributed by atoms with Crippen molar-refractivity contribution in [3.8, 4) is 11.3 Å². The predicted octanol–water partition coefficient (Wildman–Crippen LogP) is 4.07. The third-order valence-corrected chi connectivity index (χ3v) is 5.84. The Bertz CT molecular complexity index is 788. The van der Waals surface area contributed by atoms with E-state index in [1.165, 1.54) is 0 Å². The van der Waals surface area contributed by atoms with Gasteiger partial charge in [-0.1, -0.05) is 17.7 Å². The lowest BCUT2D eigenvalue weighted by molar-refractivity contribution is 0.120. The second-order valence-corrected chi connectivity index (χ2v) is 8.14. The first-order chi connectivity index (χ1) is 13.7. The first-order valence-electron chi connectivity index (χ1n) is 10.2. The van der Waals surface area contributed by atoms with Crippen molar-refractivity contribution < 1.29 is 4.74 Å². The Morgan fingerprint density at radius 2 is 2.00 bits per heavy atom. The first-order valence-corrected chi connectivity index (χ1v) is 10.6. The molecule has 2 aromatic heterocycles. The molecule has 1 atom stereocenters. The lowest BCUT2D eigenvalue weighted by atomic mass is 9.92. The second-order valence-electron chi connectivity index (χ2n) is 7.73. The molecule has 2 aromatic rings. The highest BCUT2D eigenvalue weighted by Gasteiger charge is 2.19. The fourth-order valence-corrected chi connectivity index (χ4v) is 4.09. The molecule has 0 aromatic carbocycles. The number of pyridine rings is 2. The summed E-state index contributed by atoms with van der Waals surface area (Å²) in [5, 5.41) is 7.51. The van der Waals surface area contributed by atoms with Gasteiger partial charge in [0, 0.05) is 37.0 Å². The third kappa shape index (κ3) is 4.93. The summed E-state index contributed by atoms with van der Waals surface area (Å²) in [6.07, 6.45) is 8.45. The number of nitrogens with one attached hydrogen (secondary N) is 2. The fourth-order valence-electron chi connectivity index (χ4n) is 3.89. The molecule has 2 fully saturated rings. The number of ether oxygens (including phenoxy) is 1. The summed E-state index contributed by atoms with van der Waals surface area (Å²) >= 11 is 6.44. The van der Waals surface area contributed by atoms with Crippen molar-refractivity contribution in [3.05, 3.63) is 35.5 Å². The molecule has 7 heteroatoms. The molecule has 0 amide bonds. The summed E-state index contributed by atoms with van der Waals surface area (Å²) in [6.45, 7) is 1.63. The number of nitrogens with two attached hydrogens (primary N) is 1. The van der Waals surface area contributed by atoms with Crippen molar-refractivity contribution in [3.63, 3.8) is 0 Å². The standard InChI is InChI=1S/C21H28ClN5O/c22-18-13-25-21(26-15-8-6-14(23)7-9-15)11-17(18)19-4-1-5-20(27-19)24-12-16-3-2-10-28-16/h1,4-5,11,13-16H,2-3,6-10,12,23H2,(H,24,27)(H,25,26)/t14-,15-,16-/m0/s1. The maximum absolute atomic E-state index is 6.44. The average Bonchev–Trinajstić information content (AvgIpc) is 3.23. The molecule has 3 heterocycles. The summed E-state index contributed by atoms with van der Waals surface area (Å²) < 4.78 is 5.67. The minimum Gasteiger partial charge on any atom is -0.376 e. The van der Waals surface area contributed by atoms with Crippen molar-refractivity contribution in [1.82, 2.24) is 9.97 Å². The van der Waals surface area contributed by atoms with Gasteiger partial charge >= 0.3 is 0 Å². The molecule has 4 rings (SSSR count). The van der Waals surface area contributed by atoms with Gasteiger partial charge in [-0.05, 0) is 56.7 Å². The summed E-state index contributed by atoms with van der Waals surface area (Å²) in [7, 11) is 0. The van der Waals surface area contributed by atoms with Crippen LogP contribution in [0.4, 0.5) is 11.6 Å². The number of hydrogen-bond acceptors (Lipinski definition) is 6. The van der Waals surface area contributed by atoms with Crippen LogP contribution in [-0.2, 0) is 4.74 Å². The van der Waals surface area contributed by atoms with Crippen LogP contribution in [0.5, 0.6) is 0 Å². The number of hydrogen-bond donors (Lipinski definition) is 3. The monoisotopic (exact) mass is 401 g/mol. The molecule has 1 aliphatic carbocycles. The zero-order chi connectivity index (χ0) is 19.3. The van der Waals surface area contributed by atoms with Gasteiger partial charge in [-0.2, -0.15) is 0 Å². The van der Waals surface area contributed by atoms with E-state index < -0.39 is 0 Å². The summed E-state index contributed by atoms with van der Waals surface area (Å²) in [6, 6.07) is 8.67. The molecular formula is C21H28ClN5O. The molecule has 0 unspecified atom stereocenters. The lowest BCUT2D eigenvalue weighted by Gasteiger charge is -2.27. The summed E-state index contributed by atoms with van der Waals surface area (Å²) in [5.41, 5.74) is 7.72. The van der Waals surface area contributed by atoms with Crippen LogP contribution in [0.1, 0.15) is 38.5 Å². The zero-order valence-electron chi connectivity index (χ0n) is 16.0. The smallest absolute Gasteiger partial charge is 0.126 e. The lowest BCUT2D eigenvalue weighted by Crippen LogP contribution is -2.33. The summed E-state index contributed by atoms with van der Waals surface area (Å²) in [5.74, 6) is 1.66. The maximum Gasteiger partial charge on any atom is 0.126 e. The molecule has 2 aliphatic rings. The van der Waals surface area contributed by atoms with Crippen molar-refractivity contribution in [2.75, 3.05) is 23.8 Å². The SMILES string of the molecule is N[C@H]1CC[C@H](Nc2cc(-c3cccc(NC[C@@H]4CCCO4)n3)c(Cl)cn2)CC1. The van der Waals surface area contributed by atoms with E-state index in [0.29, 0.717) is 17.1 Å². The van der Waals surface area contributed by atoms with Crippen molar-refractivity contribution >= 4 is 23.2 Å². The largest absolute Gasteiger partial charge is 0.376 e.